The Bertz CT molecular complexity index is 459. The molecule has 0 aliphatic rings. The van der Waals surface area contributed by atoms with E-state index in [1.807, 2.05) is 30.3 Å². The number of nitrogens with zero attached hydrogens (tertiary/aromatic N) is 2. The number of rotatable bonds is 4. The van der Waals surface area contributed by atoms with Gasteiger partial charge in [0, 0.05) is 12.4 Å². The number of imidazole rings is 1. The van der Waals surface area contributed by atoms with Crippen LogP contribution in [0.15, 0.2) is 49.1 Å². The van der Waals surface area contributed by atoms with Crippen LogP contribution >= 0.6 is 9.03 Å². The summed E-state index contributed by atoms with van der Waals surface area (Å²) in [7, 11) is -0.322. The van der Waals surface area contributed by atoms with Gasteiger partial charge >= 0.3 is 6.09 Å². The molecule has 1 atom stereocenters. The first-order valence-corrected chi connectivity index (χ1v) is 5.78. The Morgan fingerprint density at radius 3 is 2.88 bits per heavy atom. The lowest BCUT2D eigenvalue weighted by molar-refractivity contribution is 0.198. The second-order valence-electron chi connectivity index (χ2n) is 3.20. The summed E-state index contributed by atoms with van der Waals surface area (Å²) in [5.74, 6) is 0. The smallest absolute Gasteiger partial charge is 0.403 e. The molecule has 17 heavy (non-hydrogen) atoms. The van der Waals surface area contributed by atoms with Gasteiger partial charge in [-0.05, 0) is 5.56 Å². The van der Waals surface area contributed by atoms with Crippen LogP contribution < -0.4 is 0 Å². The molecule has 1 aromatic heterocycles. The molecule has 0 fully saturated rings. The molecule has 0 bridgehead atoms. The molecule has 0 aliphatic heterocycles. The van der Waals surface area contributed by atoms with Crippen LogP contribution in [-0.4, -0.2) is 15.6 Å². The third-order valence-electron chi connectivity index (χ3n) is 1.98. The standard InChI is InChI=1S/C11H11N2O3P/c14-11(13-7-6-12-9-13)16-17-15-8-10-4-2-1-3-5-10/h1-7,9,17H,8H2. The molecule has 2 rings (SSSR count). The van der Waals surface area contributed by atoms with E-state index in [9.17, 15) is 4.79 Å². The van der Waals surface area contributed by atoms with Gasteiger partial charge < -0.3 is 9.05 Å². The number of carbonyl (C=O) groups excluding carboxylic acids is 1. The van der Waals surface area contributed by atoms with Crippen molar-refractivity contribution in [3.05, 3.63) is 54.6 Å². The molecule has 0 N–H and O–H groups in total. The predicted octanol–water partition coefficient (Wildman–Crippen LogP) is 2.59. The predicted molar refractivity (Wildman–Crippen MR) is 63.7 cm³/mol. The molecule has 0 amide bonds. The quantitative estimate of drug-likeness (QED) is 0.618. The summed E-state index contributed by atoms with van der Waals surface area (Å²) in [6.45, 7) is 0.427. The Morgan fingerprint density at radius 2 is 2.18 bits per heavy atom. The summed E-state index contributed by atoms with van der Waals surface area (Å²) in [6, 6.07) is 9.69. The molecular formula is C11H11N2O3P. The molecule has 5 nitrogen and oxygen atoms in total. The maximum absolute atomic E-state index is 11.3. The van der Waals surface area contributed by atoms with E-state index in [1.54, 1.807) is 0 Å². The zero-order valence-corrected chi connectivity index (χ0v) is 9.95. The summed E-state index contributed by atoms with van der Waals surface area (Å²) in [5.41, 5.74) is 1.04. The van der Waals surface area contributed by atoms with E-state index in [0.29, 0.717) is 6.61 Å². The van der Waals surface area contributed by atoms with Crippen LogP contribution in [0, 0.1) is 0 Å². The molecule has 6 heteroatoms. The van der Waals surface area contributed by atoms with E-state index in [-0.39, 0.29) is 9.03 Å². The minimum absolute atomic E-state index is 0.322. The van der Waals surface area contributed by atoms with Crippen LogP contribution in [0.4, 0.5) is 4.79 Å². The Balaban J connectivity index is 1.69. The highest BCUT2D eigenvalue weighted by Gasteiger charge is 2.04. The fourth-order valence-electron chi connectivity index (χ4n) is 1.17. The summed E-state index contributed by atoms with van der Waals surface area (Å²) >= 11 is 0. The van der Waals surface area contributed by atoms with Crippen LogP contribution in [0.1, 0.15) is 5.56 Å². The van der Waals surface area contributed by atoms with E-state index in [1.165, 1.54) is 23.3 Å². The molecule has 2 aromatic rings. The highest BCUT2D eigenvalue weighted by atomic mass is 31.1. The highest BCUT2D eigenvalue weighted by molar-refractivity contribution is 7.26. The first-order valence-electron chi connectivity index (χ1n) is 4.96. The maximum atomic E-state index is 11.3. The largest absolute Gasteiger partial charge is 0.423 e. The molecule has 88 valence electrons. The monoisotopic (exact) mass is 250 g/mol. The summed E-state index contributed by atoms with van der Waals surface area (Å²) in [6.07, 6.45) is 3.91. The SMILES string of the molecule is O=C(OPOCc1ccccc1)n1ccnc1. The molecule has 0 radical (unpaired) electrons. The van der Waals surface area contributed by atoms with Crippen molar-refractivity contribution in [2.45, 2.75) is 6.61 Å². The summed E-state index contributed by atoms with van der Waals surface area (Å²) in [4.78, 5) is 15.1. The van der Waals surface area contributed by atoms with Gasteiger partial charge in [-0.15, -0.1) is 0 Å². The Labute approximate surface area is 100 Å². The molecule has 1 aromatic carbocycles. The first kappa shape index (κ1) is 11.8. The normalized spacial score (nSPS) is 10.8. The van der Waals surface area contributed by atoms with Gasteiger partial charge in [-0.3, -0.25) is 0 Å². The number of carbonyl (C=O) groups is 1. The van der Waals surface area contributed by atoms with Crippen LogP contribution in [0.3, 0.4) is 0 Å². The van der Waals surface area contributed by atoms with Crippen molar-refractivity contribution in [2.24, 2.45) is 0 Å². The maximum Gasteiger partial charge on any atom is 0.423 e. The molecule has 1 unspecified atom stereocenters. The number of aromatic nitrogens is 2. The molecular weight excluding hydrogens is 239 g/mol. The van der Waals surface area contributed by atoms with Crippen LogP contribution in [-0.2, 0) is 15.7 Å². The zero-order chi connectivity index (χ0) is 11.9. The van der Waals surface area contributed by atoms with Gasteiger partial charge in [0.2, 0.25) is 9.03 Å². The fraction of sp³-hybridized carbons (Fsp3) is 0.0909. The van der Waals surface area contributed by atoms with E-state index < -0.39 is 6.09 Å². The van der Waals surface area contributed by atoms with Gasteiger partial charge in [0.05, 0.1) is 6.61 Å². The molecule has 0 saturated heterocycles. The molecule has 0 aliphatic carbocycles. The Hall–Kier alpha value is -1.71. The van der Waals surface area contributed by atoms with Crippen molar-refractivity contribution in [3.63, 3.8) is 0 Å². The van der Waals surface area contributed by atoms with E-state index >= 15 is 0 Å². The molecule has 0 spiro atoms. The number of benzene rings is 1. The number of hydrogen-bond donors (Lipinski definition) is 0. The summed E-state index contributed by atoms with van der Waals surface area (Å²) in [5, 5.41) is 0. The average molecular weight is 250 g/mol. The van der Waals surface area contributed by atoms with Crippen LogP contribution in [0.5, 0.6) is 0 Å². The van der Waals surface area contributed by atoms with Gasteiger partial charge in [0.25, 0.3) is 0 Å². The average Bonchev–Trinajstić information content (AvgIpc) is 2.89. The highest BCUT2D eigenvalue weighted by Crippen LogP contribution is 2.17. The summed E-state index contributed by atoms with van der Waals surface area (Å²) < 4.78 is 11.4. The van der Waals surface area contributed by atoms with Crippen LogP contribution in [0.2, 0.25) is 0 Å². The van der Waals surface area contributed by atoms with E-state index in [4.69, 9.17) is 9.05 Å². The van der Waals surface area contributed by atoms with E-state index in [2.05, 4.69) is 4.98 Å². The third kappa shape index (κ3) is 3.66. The lowest BCUT2D eigenvalue weighted by Crippen LogP contribution is -2.06. The second-order valence-corrected chi connectivity index (χ2v) is 3.85. The van der Waals surface area contributed by atoms with Crippen LogP contribution in [0.25, 0.3) is 0 Å². The van der Waals surface area contributed by atoms with E-state index in [0.717, 1.165) is 5.56 Å². The van der Waals surface area contributed by atoms with Gasteiger partial charge in [0.15, 0.2) is 0 Å². The van der Waals surface area contributed by atoms with Crippen molar-refractivity contribution in [2.75, 3.05) is 0 Å². The minimum Gasteiger partial charge on any atom is -0.403 e. The Morgan fingerprint density at radius 1 is 1.35 bits per heavy atom. The van der Waals surface area contributed by atoms with Crippen molar-refractivity contribution < 1.29 is 13.8 Å². The zero-order valence-electron chi connectivity index (χ0n) is 8.95. The second kappa shape index (κ2) is 6.13. The lowest BCUT2D eigenvalue weighted by Gasteiger charge is -2.04. The van der Waals surface area contributed by atoms with Gasteiger partial charge in [-0.1, -0.05) is 30.3 Å². The van der Waals surface area contributed by atoms with Crippen molar-refractivity contribution >= 4 is 15.1 Å². The van der Waals surface area contributed by atoms with Gasteiger partial charge in [-0.25, -0.2) is 14.3 Å². The third-order valence-corrected chi connectivity index (χ3v) is 2.50. The minimum atomic E-state index is -0.492. The van der Waals surface area contributed by atoms with Crippen molar-refractivity contribution in [3.8, 4) is 0 Å². The molecule has 0 saturated carbocycles. The fourth-order valence-corrected chi connectivity index (χ4v) is 1.63. The van der Waals surface area contributed by atoms with Crippen molar-refractivity contribution in [1.29, 1.82) is 0 Å². The lowest BCUT2D eigenvalue weighted by atomic mass is 10.2. The number of hydrogen-bond acceptors (Lipinski definition) is 4. The Kier molecular flexibility index (Phi) is 4.24. The first-order chi connectivity index (χ1) is 8.36. The van der Waals surface area contributed by atoms with Gasteiger partial charge in [0.1, 0.15) is 6.33 Å². The van der Waals surface area contributed by atoms with Gasteiger partial charge in [-0.2, -0.15) is 0 Å². The van der Waals surface area contributed by atoms with Crippen molar-refractivity contribution in [1.82, 2.24) is 9.55 Å². The molecule has 1 heterocycles. The topological polar surface area (TPSA) is 53.4 Å².